The number of aryl methyl sites for hydroxylation is 1. The quantitative estimate of drug-likeness (QED) is 0.274. The van der Waals surface area contributed by atoms with Crippen LogP contribution >= 0.6 is 0 Å². The van der Waals surface area contributed by atoms with Gasteiger partial charge in [0.25, 0.3) is 0 Å². The molecule has 1 unspecified atom stereocenters. The molecule has 2 aromatic carbocycles. The van der Waals surface area contributed by atoms with E-state index < -0.39 is 0 Å². The zero-order valence-corrected chi connectivity index (χ0v) is 20.2. The highest BCUT2D eigenvalue weighted by Gasteiger charge is 2.14. The van der Waals surface area contributed by atoms with Gasteiger partial charge in [0, 0.05) is 6.42 Å². The summed E-state index contributed by atoms with van der Waals surface area (Å²) in [6.45, 7) is 6.65. The first-order valence-corrected chi connectivity index (χ1v) is 12.7. The molecule has 2 aromatic rings. The van der Waals surface area contributed by atoms with Gasteiger partial charge >= 0.3 is 0 Å². The van der Waals surface area contributed by atoms with Gasteiger partial charge in [-0.15, -0.1) is 0 Å². The number of ether oxygens (including phenoxy) is 1. The van der Waals surface area contributed by atoms with Crippen LogP contribution in [0.25, 0.3) is 0 Å². The number of hydrogen-bond donors (Lipinski definition) is 1. The number of hydrogen-bond acceptors (Lipinski definition) is 2. The molecule has 0 aliphatic rings. The van der Waals surface area contributed by atoms with Crippen molar-refractivity contribution in [1.82, 2.24) is 0 Å². The van der Waals surface area contributed by atoms with Gasteiger partial charge in [0.1, 0.15) is 17.6 Å². The summed E-state index contributed by atoms with van der Waals surface area (Å²) < 4.78 is 6.46. The first kappa shape index (κ1) is 25.3. The molecule has 0 bridgehead atoms. The Hall–Kier alpha value is -1.96. The van der Waals surface area contributed by atoms with Crippen LogP contribution in [0.3, 0.4) is 0 Å². The fourth-order valence-corrected chi connectivity index (χ4v) is 4.32. The van der Waals surface area contributed by atoms with Crippen LogP contribution in [0.2, 0.25) is 0 Å². The normalized spacial score (nSPS) is 12.1. The van der Waals surface area contributed by atoms with E-state index >= 15 is 0 Å². The van der Waals surface area contributed by atoms with Crippen molar-refractivity contribution in [2.45, 2.75) is 110 Å². The lowest BCUT2D eigenvalue weighted by Crippen LogP contribution is -2.16. The predicted molar refractivity (Wildman–Crippen MR) is 133 cm³/mol. The molecule has 0 saturated heterocycles. The van der Waals surface area contributed by atoms with Gasteiger partial charge < -0.3 is 9.84 Å². The third-order valence-corrected chi connectivity index (χ3v) is 6.14. The molecule has 0 heterocycles. The van der Waals surface area contributed by atoms with Crippen LogP contribution in [0.1, 0.15) is 102 Å². The van der Waals surface area contributed by atoms with Gasteiger partial charge in [-0.25, -0.2) is 0 Å². The number of para-hydroxylation sites is 1. The predicted octanol–water partition coefficient (Wildman–Crippen LogP) is 8.43. The van der Waals surface area contributed by atoms with E-state index in [1.807, 2.05) is 18.2 Å². The second kappa shape index (κ2) is 14.9. The van der Waals surface area contributed by atoms with Gasteiger partial charge in [0.2, 0.25) is 0 Å². The molecule has 1 N–H and O–H groups in total. The van der Waals surface area contributed by atoms with Crippen molar-refractivity contribution in [3.8, 4) is 11.5 Å². The molecule has 1 atom stereocenters. The Bertz CT molecular complexity index is 737. The Morgan fingerprint density at radius 2 is 1.32 bits per heavy atom. The van der Waals surface area contributed by atoms with E-state index in [4.69, 9.17) is 4.74 Å². The molecular formula is C29H44O2. The zero-order valence-electron chi connectivity index (χ0n) is 20.2. The topological polar surface area (TPSA) is 29.5 Å². The van der Waals surface area contributed by atoms with Gasteiger partial charge in [0.15, 0.2) is 0 Å². The third kappa shape index (κ3) is 9.37. The summed E-state index contributed by atoms with van der Waals surface area (Å²) in [5.41, 5.74) is 3.83. The Kier molecular flexibility index (Phi) is 12.2. The maximum atomic E-state index is 10.1. The van der Waals surface area contributed by atoms with Crippen molar-refractivity contribution in [2.75, 3.05) is 0 Å². The Balaban J connectivity index is 2.05. The second-order valence-corrected chi connectivity index (χ2v) is 8.98. The monoisotopic (exact) mass is 424 g/mol. The van der Waals surface area contributed by atoms with E-state index in [1.165, 1.54) is 75.3 Å². The van der Waals surface area contributed by atoms with E-state index in [-0.39, 0.29) is 6.10 Å². The molecule has 31 heavy (non-hydrogen) atoms. The molecule has 0 radical (unpaired) electrons. The van der Waals surface area contributed by atoms with E-state index in [1.54, 1.807) is 6.07 Å². The van der Waals surface area contributed by atoms with Crippen molar-refractivity contribution < 1.29 is 9.84 Å². The van der Waals surface area contributed by atoms with Gasteiger partial charge in [-0.2, -0.15) is 0 Å². The van der Waals surface area contributed by atoms with Gasteiger partial charge in [0.05, 0.1) is 0 Å². The van der Waals surface area contributed by atoms with Crippen molar-refractivity contribution in [1.29, 1.82) is 0 Å². The average molecular weight is 425 g/mol. The number of unbranched alkanes of at least 4 members (excludes halogenated alkanes) is 8. The number of benzene rings is 2. The number of phenols is 1. The highest BCUT2D eigenvalue weighted by atomic mass is 16.5. The van der Waals surface area contributed by atoms with Crippen LogP contribution in [0.4, 0.5) is 0 Å². The van der Waals surface area contributed by atoms with Gasteiger partial charge in [-0.1, -0.05) is 95.5 Å². The summed E-state index contributed by atoms with van der Waals surface area (Å²) in [7, 11) is 0. The SMILES string of the molecule is CCCCCCCc1cccc(OC(C)Cc2ccccc2O)c1CCCCCCC. The van der Waals surface area contributed by atoms with E-state index in [9.17, 15) is 5.11 Å². The van der Waals surface area contributed by atoms with Crippen LogP contribution in [-0.4, -0.2) is 11.2 Å². The number of rotatable bonds is 16. The first-order valence-electron chi connectivity index (χ1n) is 12.7. The summed E-state index contributed by atoms with van der Waals surface area (Å²) in [6.07, 6.45) is 16.0. The van der Waals surface area contributed by atoms with Crippen molar-refractivity contribution in [3.63, 3.8) is 0 Å². The molecule has 0 spiro atoms. The lowest BCUT2D eigenvalue weighted by molar-refractivity contribution is 0.218. The summed E-state index contributed by atoms with van der Waals surface area (Å²) in [6, 6.07) is 14.2. The van der Waals surface area contributed by atoms with Crippen molar-refractivity contribution in [3.05, 3.63) is 59.2 Å². The largest absolute Gasteiger partial charge is 0.508 e. The summed E-state index contributed by atoms with van der Waals surface area (Å²) in [5, 5.41) is 10.1. The first-order chi connectivity index (χ1) is 15.2. The molecule has 0 aliphatic carbocycles. The molecule has 0 amide bonds. The third-order valence-electron chi connectivity index (χ3n) is 6.14. The van der Waals surface area contributed by atoms with E-state index in [2.05, 4.69) is 39.0 Å². The minimum atomic E-state index is 0.0203. The van der Waals surface area contributed by atoms with Crippen LogP contribution in [0.5, 0.6) is 11.5 Å². The molecule has 0 fully saturated rings. The Morgan fingerprint density at radius 1 is 0.710 bits per heavy atom. The summed E-state index contributed by atoms with van der Waals surface area (Å²) in [5.74, 6) is 1.40. The maximum Gasteiger partial charge on any atom is 0.123 e. The average Bonchev–Trinajstić information content (AvgIpc) is 2.76. The highest BCUT2D eigenvalue weighted by molar-refractivity contribution is 5.41. The molecule has 172 valence electrons. The highest BCUT2D eigenvalue weighted by Crippen LogP contribution is 2.29. The fourth-order valence-electron chi connectivity index (χ4n) is 4.32. The minimum Gasteiger partial charge on any atom is -0.508 e. The van der Waals surface area contributed by atoms with Crippen LogP contribution in [0, 0.1) is 0 Å². The minimum absolute atomic E-state index is 0.0203. The molecule has 2 rings (SSSR count). The molecular weight excluding hydrogens is 380 g/mol. The van der Waals surface area contributed by atoms with Gasteiger partial charge in [-0.05, 0) is 61.4 Å². The maximum absolute atomic E-state index is 10.1. The molecule has 0 aliphatic heterocycles. The van der Waals surface area contributed by atoms with Crippen LogP contribution in [-0.2, 0) is 19.3 Å². The smallest absolute Gasteiger partial charge is 0.123 e. The molecule has 0 aromatic heterocycles. The summed E-state index contributed by atoms with van der Waals surface area (Å²) in [4.78, 5) is 0. The lowest BCUT2D eigenvalue weighted by Gasteiger charge is -2.20. The summed E-state index contributed by atoms with van der Waals surface area (Å²) >= 11 is 0. The van der Waals surface area contributed by atoms with Crippen molar-refractivity contribution >= 4 is 0 Å². The zero-order chi connectivity index (χ0) is 22.3. The Morgan fingerprint density at radius 3 is 2.00 bits per heavy atom. The van der Waals surface area contributed by atoms with Gasteiger partial charge in [-0.3, -0.25) is 0 Å². The van der Waals surface area contributed by atoms with Crippen molar-refractivity contribution in [2.24, 2.45) is 0 Å². The lowest BCUT2D eigenvalue weighted by atomic mass is 9.95. The van der Waals surface area contributed by atoms with Crippen LogP contribution in [0.15, 0.2) is 42.5 Å². The van der Waals surface area contributed by atoms with Crippen LogP contribution < -0.4 is 4.74 Å². The number of phenolic OH excluding ortho intramolecular Hbond substituents is 1. The molecule has 0 saturated carbocycles. The molecule has 2 heteroatoms. The standard InChI is InChI=1S/C29H44O2/c1-4-6-8-10-12-17-25-19-16-22-29(27(25)20-13-11-9-7-5-2)31-24(3)23-26-18-14-15-21-28(26)30/h14-16,18-19,21-22,24,30H,4-13,17,20,23H2,1-3H3. The second-order valence-electron chi connectivity index (χ2n) is 8.98. The van der Waals surface area contributed by atoms with E-state index in [0.717, 1.165) is 24.2 Å². The van der Waals surface area contributed by atoms with E-state index in [0.29, 0.717) is 12.2 Å². The number of aromatic hydroxyl groups is 1. The Labute approximate surface area is 191 Å². The fraction of sp³-hybridized carbons (Fsp3) is 0.586. The molecule has 2 nitrogen and oxygen atoms in total.